The van der Waals surface area contributed by atoms with Crippen LogP contribution in [0.3, 0.4) is 0 Å². The van der Waals surface area contributed by atoms with Crippen molar-refractivity contribution >= 4 is 17.5 Å². The van der Waals surface area contributed by atoms with Gasteiger partial charge in [0.15, 0.2) is 0 Å². The van der Waals surface area contributed by atoms with Gasteiger partial charge < -0.3 is 0 Å². The van der Waals surface area contributed by atoms with Crippen LogP contribution in [-0.4, -0.2) is 5.91 Å². The van der Waals surface area contributed by atoms with Gasteiger partial charge in [0.05, 0.1) is 0 Å². The Morgan fingerprint density at radius 1 is 1.17 bits per heavy atom. The summed E-state index contributed by atoms with van der Waals surface area (Å²) >= 11 is 5.78. The van der Waals surface area contributed by atoms with Crippen LogP contribution in [0, 0.1) is 13.8 Å². The van der Waals surface area contributed by atoms with E-state index >= 15 is 0 Å². The topological polar surface area (TPSA) is 33.0 Å². The van der Waals surface area contributed by atoms with Crippen LogP contribution in [0.1, 0.15) is 21.6 Å². The fraction of sp³-hybridized carbons (Fsp3) is 0.143. The highest BCUT2D eigenvalue weighted by molar-refractivity contribution is 6.30. The maximum atomic E-state index is 12.0. The van der Waals surface area contributed by atoms with Gasteiger partial charge in [-0.25, -0.2) is 0 Å². The third-order valence-electron chi connectivity index (χ3n) is 2.63. The van der Waals surface area contributed by atoms with Gasteiger partial charge in [-0.3, -0.25) is 4.79 Å². The van der Waals surface area contributed by atoms with Crippen molar-refractivity contribution in [3.63, 3.8) is 0 Å². The number of pyridine rings is 1. The van der Waals surface area contributed by atoms with Crippen LogP contribution in [0.15, 0.2) is 42.6 Å². The third kappa shape index (κ3) is 2.87. The third-order valence-corrected chi connectivity index (χ3v) is 2.88. The molecule has 0 aliphatic carbocycles. The second-order valence-corrected chi connectivity index (χ2v) is 4.60. The number of benzene rings is 1. The molecule has 18 heavy (non-hydrogen) atoms. The van der Waals surface area contributed by atoms with E-state index in [0.717, 1.165) is 11.3 Å². The van der Waals surface area contributed by atoms with Gasteiger partial charge in [-0.05, 0) is 36.8 Å². The number of aromatic nitrogens is 1. The second-order valence-electron chi connectivity index (χ2n) is 4.16. The fourth-order valence-corrected chi connectivity index (χ4v) is 1.78. The zero-order valence-corrected chi connectivity index (χ0v) is 11.0. The number of nitrogens with zero attached hydrogens (tertiary/aromatic N) is 1. The second kappa shape index (κ2) is 5.19. The number of hydrogen-bond donors (Lipinski definition) is 1. The van der Waals surface area contributed by atoms with Crippen molar-refractivity contribution in [3.8, 4) is 0 Å². The summed E-state index contributed by atoms with van der Waals surface area (Å²) in [6.45, 7) is 3.95. The highest BCUT2D eigenvalue weighted by atomic mass is 35.5. The molecule has 92 valence electrons. The zero-order valence-electron chi connectivity index (χ0n) is 10.3. The summed E-state index contributed by atoms with van der Waals surface area (Å²) in [6.07, 6.45) is 1.83. The van der Waals surface area contributed by atoms with Gasteiger partial charge in [0.25, 0.3) is 0 Å². The summed E-state index contributed by atoms with van der Waals surface area (Å²) in [4.78, 5) is 12.0. The Kier molecular flexibility index (Phi) is 3.63. The predicted molar refractivity (Wildman–Crippen MR) is 71.3 cm³/mol. The first-order chi connectivity index (χ1) is 8.56. The molecule has 0 aliphatic heterocycles. The van der Waals surface area contributed by atoms with E-state index in [-0.39, 0.29) is 5.91 Å². The molecule has 0 saturated heterocycles. The van der Waals surface area contributed by atoms with E-state index in [9.17, 15) is 4.79 Å². The summed E-state index contributed by atoms with van der Waals surface area (Å²) in [5.74, 6) is -0.163. The van der Waals surface area contributed by atoms with Crippen molar-refractivity contribution in [2.75, 3.05) is 5.43 Å². The van der Waals surface area contributed by atoms with Crippen molar-refractivity contribution in [2.45, 2.75) is 13.8 Å². The molecule has 0 radical (unpaired) electrons. The summed E-state index contributed by atoms with van der Waals surface area (Å²) in [6, 6.07) is 10.7. The van der Waals surface area contributed by atoms with Crippen LogP contribution in [-0.2, 0) is 0 Å². The SMILES string of the molecule is Cc1cc[n+](NC(=O)c2ccc(Cl)cc2)c(C)c1. The van der Waals surface area contributed by atoms with Gasteiger partial charge in [-0.15, -0.1) is 5.43 Å². The van der Waals surface area contributed by atoms with E-state index in [4.69, 9.17) is 11.6 Å². The number of aryl methyl sites for hydroxylation is 2. The molecule has 1 heterocycles. The van der Waals surface area contributed by atoms with Crippen LogP contribution in [0.4, 0.5) is 0 Å². The van der Waals surface area contributed by atoms with Gasteiger partial charge in [-0.2, -0.15) is 0 Å². The van der Waals surface area contributed by atoms with Gasteiger partial charge in [0, 0.05) is 29.6 Å². The highest BCUT2D eigenvalue weighted by Crippen LogP contribution is 2.09. The van der Waals surface area contributed by atoms with Crippen LogP contribution < -0.4 is 10.1 Å². The van der Waals surface area contributed by atoms with E-state index in [1.54, 1.807) is 28.9 Å². The van der Waals surface area contributed by atoms with Crippen LogP contribution >= 0.6 is 11.6 Å². The molecule has 0 unspecified atom stereocenters. The first-order valence-electron chi connectivity index (χ1n) is 5.62. The Labute approximate surface area is 111 Å². The Bertz CT molecular complexity index is 579. The Morgan fingerprint density at radius 3 is 2.44 bits per heavy atom. The van der Waals surface area contributed by atoms with Gasteiger partial charge in [0.2, 0.25) is 11.9 Å². The van der Waals surface area contributed by atoms with Crippen molar-refractivity contribution in [2.24, 2.45) is 0 Å². The van der Waals surface area contributed by atoms with Crippen LogP contribution in [0.2, 0.25) is 5.02 Å². The molecule has 0 atom stereocenters. The fourth-order valence-electron chi connectivity index (χ4n) is 1.66. The lowest BCUT2D eigenvalue weighted by Crippen LogP contribution is -2.50. The number of hydrogen-bond acceptors (Lipinski definition) is 1. The zero-order chi connectivity index (χ0) is 13.1. The van der Waals surface area contributed by atoms with E-state index in [1.165, 1.54) is 0 Å². The molecule has 3 nitrogen and oxygen atoms in total. The minimum absolute atomic E-state index is 0.163. The average Bonchev–Trinajstić information content (AvgIpc) is 2.33. The standard InChI is InChI=1S/C14H13ClN2O/c1-10-7-8-17(11(2)9-10)16-14(18)12-3-5-13(15)6-4-12/h3-9H,1-2H3/p+1. The molecule has 0 spiro atoms. The Balaban J connectivity index is 2.18. The molecule has 0 bridgehead atoms. The van der Waals surface area contributed by atoms with Crippen molar-refractivity contribution in [1.29, 1.82) is 0 Å². The quantitative estimate of drug-likeness (QED) is 0.829. The first-order valence-corrected chi connectivity index (χ1v) is 6.00. The van der Waals surface area contributed by atoms with E-state index in [1.807, 2.05) is 32.2 Å². The molecule has 0 fully saturated rings. The lowest BCUT2D eigenvalue weighted by Gasteiger charge is -2.02. The van der Waals surface area contributed by atoms with E-state index in [2.05, 4.69) is 5.43 Å². The number of amides is 1. The van der Waals surface area contributed by atoms with Crippen molar-refractivity contribution in [3.05, 3.63) is 64.4 Å². The van der Waals surface area contributed by atoms with Crippen LogP contribution in [0.25, 0.3) is 0 Å². The maximum absolute atomic E-state index is 12.0. The number of carbonyl (C=O) groups is 1. The van der Waals surface area contributed by atoms with Gasteiger partial charge in [-0.1, -0.05) is 16.3 Å². The average molecular weight is 262 g/mol. The number of carbonyl (C=O) groups excluding carboxylic acids is 1. The number of rotatable bonds is 2. The van der Waals surface area contributed by atoms with Gasteiger partial charge >= 0.3 is 5.91 Å². The highest BCUT2D eigenvalue weighted by Gasteiger charge is 2.12. The first kappa shape index (κ1) is 12.6. The maximum Gasteiger partial charge on any atom is 0.305 e. The van der Waals surface area contributed by atoms with E-state index in [0.29, 0.717) is 10.6 Å². The lowest BCUT2D eigenvalue weighted by atomic mass is 10.2. The van der Waals surface area contributed by atoms with E-state index < -0.39 is 0 Å². The summed E-state index contributed by atoms with van der Waals surface area (Å²) in [5, 5.41) is 0.616. The van der Waals surface area contributed by atoms with Gasteiger partial charge in [0.1, 0.15) is 0 Å². The lowest BCUT2D eigenvalue weighted by molar-refractivity contribution is -0.647. The molecular weight excluding hydrogens is 248 g/mol. The molecule has 0 aliphatic rings. The number of nitrogens with one attached hydrogen (secondary N) is 1. The Hall–Kier alpha value is -1.87. The molecule has 2 aromatic rings. The molecular formula is C14H14ClN2O+. The minimum Gasteiger partial charge on any atom is -0.264 e. The molecule has 4 heteroatoms. The largest absolute Gasteiger partial charge is 0.305 e. The molecule has 1 aromatic carbocycles. The summed E-state index contributed by atoms with van der Waals surface area (Å²) in [5.41, 5.74) is 5.51. The normalized spacial score (nSPS) is 10.2. The molecule has 1 N–H and O–H groups in total. The number of halogens is 1. The van der Waals surface area contributed by atoms with Crippen molar-refractivity contribution in [1.82, 2.24) is 0 Å². The monoisotopic (exact) mass is 261 g/mol. The van der Waals surface area contributed by atoms with Crippen molar-refractivity contribution < 1.29 is 9.47 Å². The molecule has 0 saturated carbocycles. The molecule has 1 amide bonds. The smallest absolute Gasteiger partial charge is 0.264 e. The molecule has 1 aromatic heterocycles. The van der Waals surface area contributed by atoms with Crippen LogP contribution in [0.5, 0.6) is 0 Å². The summed E-state index contributed by atoms with van der Waals surface area (Å²) in [7, 11) is 0. The minimum atomic E-state index is -0.163. The Morgan fingerprint density at radius 2 is 1.83 bits per heavy atom. The molecule has 2 rings (SSSR count). The predicted octanol–water partition coefficient (Wildman–Crippen LogP) is 2.63. The summed E-state index contributed by atoms with van der Waals surface area (Å²) < 4.78 is 1.70.